The number of nitrogens with one attached hydrogen (secondary N) is 1. The van der Waals surface area contributed by atoms with Gasteiger partial charge in [0.2, 0.25) is 0 Å². The summed E-state index contributed by atoms with van der Waals surface area (Å²) in [4.78, 5) is 29.1. The van der Waals surface area contributed by atoms with Gasteiger partial charge in [0.15, 0.2) is 11.5 Å². The van der Waals surface area contributed by atoms with E-state index in [4.69, 9.17) is 14.0 Å². The predicted octanol–water partition coefficient (Wildman–Crippen LogP) is 3.06. The van der Waals surface area contributed by atoms with Crippen LogP contribution in [-0.4, -0.2) is 56.4 Å². The van der Waals surface area contributed by atoms with E-state index in [1.807, 2.05) is 0 Å². The molecule has 0 spiro atoms. The molecule has 0 bridgehead atoms. The van der Waals surface area contributed by atoms with Crippen molar-refractivity contribution < 1.29 is 33.0 Å². The van der Waals surface area contributed by atoms with E-state index in [1.165, 1.54) is 21.0 Å². The number of aryl methyl sites for hydroxylation is 2. The summed E-state index contributed by atoms with van der Waals surface area (Å²) < 4.78 is 44.7. The first-order valence-electron chi connectivity index (χ1n) is 10.4. The van der Waals surface area contributed by atoms with Crippen molar-refractivity contribution in [2.45, 2.75) is 96.2 Å². The Hall–Kier alpha value is -1.16. The molecule has 1 aromatic heterocycles. The number of nitrogens with zero attached hydrogens (tertiary/aromatic N) is 1. The van der Waals surface area contributed by atoms with Crippen LogP contribution in [-0.2, 0) is 18.6 Å². The van der Waals surface area contributed by atoms with Crippen molar-refractivity contribution >= 4 is 7.60 Å². The van der Waals surface area contributed by atoms with Crippen molar-refractivity contribution in [1.29, 1.82) is 0 Å². The Bertz CT molecular complexity index is 891. The second-order valence-corrected chi connectivity index (χ2v) is 10.7. The van der Waals surface area contributed by atoms with Crippen molar-refractivity contribution in [2.75, 3.05) is 7.11 Å². The van der Waals surface area contributed by atoms with Gasteiger partial charge in [-0.3, -0.25) is 9.36 Å². The van der Waals surface area contributed by atoms with Gasteiger partial charge in [0.1, 0.15) is 17.9 Å². The lowest BCUT2D eigenvalue weighted by molar-refractivity contribution is -0.0565. The summed E-state index contributed by atoms with van der Waals surface area (Å²) >= 11 is 0. The summed E-state index contributed by atoms with van der Waals surface area (Å²) in [7, 11) is -2.91. The Morgan fingerprint density at radius 3 is 2.42 bits per heavy atom. The molecule has 0 aliphatic carbocycles. The minimum atomic E-state index is -4.24. The Morgan fingerprint density at radius 2 is 1.90 bits per heavy atom. The zero-order chi connectivity index (χ0) is 23.8. The standard InChI is InChI=1S/C20H34FN2O7P/c1-8-19(5,30-31(26,27)20(6,9-2)28-7)10-13-16(24)14(21)17(29-13)15-11(3)23-18(25)12(4)22-15/h13-14,16-17,24H,8-10H2,1-7H3,(H,23,25)(H,26,27). The molecule has 3 N–H and O–H groups in total. The molecule has 1 aromatic rings. The maximum atomic E-state index is 15.0. The minimum absolute atomic E-state index is 0.0307. The number of halogens is 1. The molecule has 1 saturated heterocycles. The van der Waals surface area contributed by atoms with Crippen LogP contribution < -0.4 is 5.56 Å². The van der Waals surface area contributed by atoms with E-state index < -0.39 is 43.0 Å². The zero-order valence-electron chi connectivity index (χ0n) is 19.1. The number of rotatable bonds is 9. The van der Waals surface area contributed by atoms with Gasteiger partial charge in [-0.2, -0.15) is 0 Å². The van der Waals surface area contributed by atoms with Crippen LogP contribution in [0.15, 0.2) is 4.79 Å². The van der Waals surface area contributed by atoms with Gasteiger partial charge in [0.25, 0.3) is 5.56 Å². The molecule has 0 amide bonds. The molecule has 0 radical (unpaired) electrons. The van der Waals surface area contributed by atoms with Crippen molar-refractivity contribution in [2.24, 2.45) is 0 Å². The fraction of sp³-hybridized carbons (Fsp3) is 0.800. The van der Waals surface area contributed by atoms with Crippen molar-refractivity contribution in [3.05, 3.63) is 27.4 Å². The third-order valence-corrected chi connectivity index (χ3v) is 8.69. The van der Waals surface area contributed by atoms with Gasteiger partial charge in [-0.25, -0.2) is 9.37 Å². The van der Waals surface area contributed by atoms with Crippen LogP contribution in [0.25, 0.3) is 0 Å². The SMILES string of the molecule is CCC(C)(CC1OC(c2nc(C)c(=O)[nH]c2C)C(F)C1O)OP(=O)(O)C(C)(CC)OC. The molecule has 31 heavy (non-hydrogen) atoms. The monoisotopic (exact) mass is 464 g/mol. The zero-order valence-corrected chi connectivity index (χ0v) is 20.0. The van der Waals surface area contributed by atoms with Crippen LogP contribution in [0.2, 0.25) is 0 Å². The first kappa shape index (κ1) is 26.1. The third kappa shape index (κ3) is 5.10. The molecule has 1 aliphatic rings. The van der Waals surface area contributed by atoms with Gasteiger partial charge in [-0.1, -0.05) is 13.8 Å². The van der Waals surface area contributed by atoms with Gasteiger partial charge in [-0.15, -0.1) is 0 Å². The number of alkyl halides is 1. The molecule has 7 unspecified atom stereocenters. The summed E-state index contributed by atoms with van der Waals surface area (Å²) in [6, 6.07) is 0. The van der Waals surface area contributed by atoms with Crippen LogP contribution in [0.4, 0.5) is 4.39 Å². The number of aliphatic hydroxyl groups is 1. The van der Waals surface area contributed by atoms with E-state index in [2.05, 4.69) is 9.97 Å². The number of ether oxygens (including phenoxy) is 2. The number of aliphatic hydroxyl groups excluding tert-OH is 1. The van der Waals surface area contributed by atoms with Crippen LogP contribution in [0.3, 0.4) is 0 Å². The number of hydrogen-bond donors (Lipinski definition) is 3. The fourth-order valence-corrected chi connectivity index (χ4v) is 5.18. The van der Waals surface area contributed by atoms with E-state index in [9.17, 15) is 23.7 Å². The molecule has 2 heterocycles. The van der Waals surface area contributed by atoms with Crippen LogP contribution >= 0.6 is 7.60 Å². The first-order valence-corrected chi connectivity index (χ1v) is 12.0. The Morgan fingerprint density at radius 1 is 1.29 bits per heavy atom. The second kappa shape index (κ2) is 9.37. The van der Waals surface area contributed by atoms with Crippen molar-refractivity contribution in [3.8, 4) is 0 Å². The average molecular weight is 464 g/mol. The maximum absolute atomic E-state index is 15.0. The maximum Gasteiger partial charge on any atom is 0.359 e. The molecule has 1 fully saturated rings. The molecule has 0 saturated carbocycles. The lowest BCUT2D eigenvalue weighted by Gasteiger charge is -2.39. The van der Waals surface area contributed by atoms with Crippen molar-refractivity contribution in [1.82, 2.24) is 9.97 Å². The molecule has 2 rings (SSSR count). The summed E-state index contributed by atoms with van der Waals surface area (Å²) in [5.74, 6) is 0. The van der Waals surface area contributed by atoms with Gasteiger partial charge in [0.05, 0.1) is 17.4 Å². The van der Waals surface area contributed by atoms with Gasteiger partial charge >= 0.3 is 7.60 Å². The number of H-pyrrole nitrogens is 1. The lowest BCUT2D eigenvalue weighted by atomic mass is 9.92. The molecule has 7 atom stereocenters. The van der Waals surface area contributed by atoms with Gasteiger partial charge in [0, 0.05) is 19.2 Å². The molecule has 178 valence electrons. The van der Waals surface area contributed by atoms with E-state index >= 15 is 0 Å². The van der Waals surface area contributed by atoms with Crippen LogP contribution in [0.1, 0.15) is 70.1 Å². The number of aromatic amines is 1. The molecule has 1 aliphatic heterocycles. The third-order valence-electron chi connectivity index (χ3n) is 6.31. The minimum Gasteiger partial charge on any atom is -0.387 e. The molecular formula is C20H34FN2O7P. The smallest absolute Gasteiger partial charge is 0.359 e. The summed E-state index contributed by atoms with van der Waals surface area (Å²) in [5, 5.41) is 9.10. The van der Waals surface area contributed by atoms with Gasteiger partial charge < -0.3 is 29.0 Å². The van der Waals surface area contributed by atoms with E-state index in [0.29, 0.717) is 12.1 Å². The lowest BCUT2D eigenvalue weighted by Crippen LogP contribution is -2.40. The molecular weight excluding hydrogens is 430 g/mol. The van der Waals surface area contributed by atoms with Crippen LogP contribution in [0, 0.1) is 13.8 Å². The van der Waals surface area contributed by atoms with Crippen molar-refractivity contribution in [3.63, 3.8) is 0 Å². The Labute approximate surface area is 181 Å². The summed E-state index contributed by atoms with van der Waals surface area (Å²) in [5.41, 5.74) is -0.853. The predicted molar refractivity (Wildman–Crippen MR) is 113 cm³/mol. The van der Waals surface area contributed by atoms with E-state index in [0.717, 1.165) is 0 Å². The van der Waals surface area contributed by atoms with Gasteiger partial charge in [-0.05, 0) is 40.5 Å². The highest BCUT2D eigenvalue weighted by atomic mass is 31.2. The first-order chi connectivity index (χ1) is 14.2. The van der Waals surface area contributed by atoms with Crippen LogP contribution in [0.5, 0.6) is 0 Å². The quantitative estimate of drug-likeness (QED) is 0.475. The fourth-order valence-electron chi connectivity index (χ4n) is 3.56. The highest BCUT2D eigenvalue weighted by Gasteiger charge is 2.52. The largest absolute Gasteiger partial charge is 0.387 e. The number of hydrogen-bond acceptors (Lipinski definition) is 7. The normalized spacial score (nSPS) is 29.9. The molecule has 0 aromatic carbocycles. The highest BCUT2D eigenvalue weighted by molar-refractivity contribution is 7.54. The summed E-state index contributed by atoms with van der Waals surface area (Å²) in [6.07, 6.45) is -4.95. The Kier molecular flexibility index (Phi) is 7.89. The Balaban J connectivity index is 2.27. The van der Waals surface area contributed by atoms with E-state index in [-0.39, 0.29) is 29.8 Å². The summed E-state index contributed by atoms with van der Waals surface area (Å²) in [6.45, 7) is 9.66. The molecule has 11 heteroatoms. The van der Waals surface area contributed by atoms with E-state index in [1.54, 1.807) is 27.7 Å². The average Bonchev–Trinajstić information content (AvgIpc) is 2.97. The second-order valence-electron chi connectivity index (χ2n) is 8.54. The number of methoxy groups -OCH3 is 1. The molecule has 9 nitrogen and oxygen atoms in total. The highest BCUT2D eigenvalue weighted by Crippen LogP contribution is 2.60. The topological polar surface area (TPSA) is 131 Å². The number of aromatic nitrogens is 2.